The molecule has 0 aliphatic heterocycles. The number of halogens is 3. The molecule has 0 unspecified atom stereocenters. The second-order valence-corrected chi connectivity index (χ2v) is 3.11. The van der Waals surface area contributed by atoms with Crippen LogP contribution >= 0.6 is 15.9 Å². The van der Waals surface area contributed by atoms with E-state index in [1.54, 1.807) is 6.07 Å². The van der Waals surface area contributed by atoms with Crippen LogP contribution in [0.1, 0.15) is 28.0 Å². The van der Waals surface area contributed by atoms with Crippen molar-refractivity contribution in [2.45, 2.75) is 6.43 Å². The highest BCUT2D eigenvalue weighted by Crippen LogP contribution is 2.28. The molecule has 0 fully saturated rings. The van der Waals surface area contributed by atoms with Gasteiger partial charge in [0.25, 0.3) is 6.43 Å². The van der Waals surface area contributed by atoms with Gasteiger partial charge in [-0.2, -0.15) is 5.26 Å². The fourth-order valence-corrected chi connectivity index (χ4v) is 1.46. The van der Waals surface area contributed by atoms with Crippen LogP contribution in [0.4, 0.5) is 8.78 Å². The number of hydrogen-bond donors (Lipinski definition) is 0. The average Bonchev–Trinajstić information content (AvgIpc) is 2.16. The number of nitrogens with zero attached hydrogens (tertiary/aromatic N) is 2. The minimum Gasteiger partial charge on any atom is -0.298 e. The van der Waals surface area contributed by atoms with Crippen molar-refractivity contribution in [1.82, 2.24) is 4.98 Å². The second-order valence-electron chi connectivity index (χ2n) is 2.32. The number of carbonyl (C=O) groups excluding carboxylic acids is 1. The number of alkyl halides is 2. The Bertz CT molecular complexity index is 415. The SMILES string of the molecule is N#Cc1cnc(C(F)F)c(Br)c1C=O. The first-order chi connectivity index (χ1) is 6.61. The van der Waals surface area contributed by atoms with Crippen LogP contribution in [-0.4, -0.2) is 11.3 Å². The molecular formula is C8H3BrF2N2O. The molecule has 0 aliphatic rings. The van der Waals surface area contributed by atoms with E-state index in [4.69, 9.17) is 5.26 Å². The maximum absolute atomic E-state index is 12.3. The zero-order valence-corrected chi connectivity index (χ0v) is 8.25. The summed E-state index contributed by atoms with van der Waals surface area (Å²) in [7, 11) is 0. The summed E-state index contributed by atoms with van der Waals surface area (Å²) in [5, 5.41) is 8.55. The summed E-state index contributed by atoms with van der Waals surface area (Å²) in [4.78, 5) is 13.9. The van der Waals surface area contributed by atoms with E-state index in [1.165, 1.54) is 0 Å². The molecule has 0 atom stereocenters. The number of aromatic nitrogens is 1. The van der Waals surface area contributed by atoms with Crippen molar-refractivity contribution < 1.29 is 13.6 Å². The van der Waals surface area contributed by atoms with Gasteiger partial charge in [-0.25, -0.2) is 8.78 Å². The summed E-state index contributed by atoms with van der Waals surface area (Å²) in [5.74, 6) is 0. The van der Waals surface area contributed by atoms with Crippen molar-refractivity contribution in [2.24, 2.45) is 0 Å². The van der Waals surface area contributed by atoms with Crippen molar-refractivity contribution in [3.05, 3.63) is 27.5 Å². The Morgan fingerprint density at radius 2 is 2.29 bits per heavy atom. The van der Waals surface area contributed by atoms with Crippen LogP contribution in [0.25, 0.3) is 0 Å². The molecule has 0 aromatic carbocycles. The van der Waals surface area contributed by atoms with Crippen LogP contribution < -0.4 is 0 Å². The molecule has 0 N–H and O–H groups in total. The number of hydrogen-bond acceptors (Lipinski definition) is 3. The van der Waals surface area contributed by atoms with Gasteiger partial charge in [0.05, 0.1) is 10.0 Å². The topological polar surface area (TPSA) is 53.8 Å². The predicted octanol–water partition coefficient (Wildman–Crippen LogP) is 2.47. The summed E-state index contributed by atoms with van der Waals surface area (Å²) in [6.07, 6.45) is -1.48. The van der Waals surface area contributed by atoms with Gasteiger partial charge >= 0.3 is 0 Å². The van der Waals surface area contributed by atoms with Gasteiger partial charge in [0, 0.05) is 11.8 Å². The maximum atomic E-state index is 12.3. The molecule has 1 rings (SSSR count). The van der Waals surface area contributed by atoms with Crippen molar-refractivity contribution in [3.8, 4) is 6.07 Å². The molecule has 0 saturated heterocycles. The largest absolute Gasteiger partial charge is 0.298 e. The number of rotatable bonds is 2. The molecule has 0 saturated carbocycles. The Hall–Kier alpha value is -1.35. The van der Waals surface area contributed by atoms with E-state index >= 15 is 0 Å². The first kappa shape index (κ1) is 10.7. The molecule has 0 radical (unpaired) electrons. The van der Waals surface area contributed by atoms with Crippen LogP contribution in [0.3, 0.4) is 0 Å². The third kappa shape index (κ3) is 1.77. The smallest absolute Gasteiger partial charge is 0.281 e. The molecule has 0 amide bonds. The van der Waals surface area contributed by atoms with E-state index in [9.17, 15) is 13.6 Å². The predicted molar refractivity (Wildman–Crippen MR) is 47.0 cm³/mol. The van der Waals surface area contributed by atoms with Gasteiger partial charge in [-0.05, 0) is 15.9 Å². The van der Waals surface area contributed by atoms with Gasteiger partial charge in [-0.15, -0.1) is 0 Å². The zero-order chi connectivity index (χ0) is 10.7. The third-order valence-corrected chi connectivity index (χ3v) is 2.36. The zero-order valence-electron chi connectivity index (χ0n) is 6.67. The molecule has 14 heavy (non-hydrogen) atoms. The van der Waals surface area contributed by atoms with Crippen molar-refractivity contribution in [3.63, 3.8) is 0 Å². The lowest BCUT2D eigenvalue weighted by atomic mass is 10.1. The van der Waals surface area contributed by atoms with Crippen LogP contribution in [0.2, 0.25) is 0 Å². The highest BCUT2D eigenvalue weighted by Gasteiger charge is 2.18. The molecule has 72 valence electrons. The molecule has 6 heteroatoms. The summed E-state index contributed by atoms with van der Waals surface area (Å²) in [6, 6.07) is 1.68. The second kappa shape index (κ2) is 4.24. The highest BCUT2D eigenvalue weighted by atomic mass is 79.9. The highest BCUT2D eigenvalue weighted by molar-refractivity contribution is 9.10. The molecule has 1 heterocycles. The van der Waals surface area contributed by atoms with E-state index in [2.05, 4.69) is 20.9 Å². The van der Waals surface area contributed by atoms with Crippen LogP contribution in [-0.2, 0) is 0 Å². The van der Waals surface area contributed by atoms with E-state index in [0.29, 0.717) is 6.29 Å². The quantitative estimate of drug-likeness (QED) is 0.768. The minimum atomic E-state index is -2.78. The number of pyridine rings is 1. The molecule has 0 bridgehead atoms. The normalized spacial score (nSPS) is 9.93. The van der Waals surface area contributed by atoms with Gasteiger partial charge in [-0.1, -0.05) is 0 Å². The first-order valence-corrected chi connectivity index (χ1v) is 4.23. The van der Waals surface area contributed by atoms with Crippen LogP contribution in [0.5, 0.6) is 0 Å². The van der Waals surface area contributed by atoms with E-state index in [0.717, 1.165) is 6.20 Å². The van der Waals surface area contributed by atoms with Gasteiger partial charge < -0.3 is 0 Å². The number of nitriles is 1. The van der Waals surface area contributed by atoms with E-state index < -0.39 is 12.1 Å². The lowest BCUT2D eigenvalue weighted by Crippen LogP contribution is -1.99. The Labute approximate surface area is 86.5 Å². The van der Waals surface area contributed by atoms with Gasteiger partial charge in [0.1, 0.15) is 11.8 Å². The van der Waals surface area contributed by atoms with E-state index in [1.807, 2.05) is 0 Å². The fourth-order valence-electron chi connectivity index (χ4n) is 0.873. The monoisotopic (exact) mass is 260 g/mol. The molecule has 3 nitrogen and oxygen atoms in total. The van der Waals surface area contributed by atoms with E-state index in [-0.39, 0.29) is 15.6 Å². The molecular weight excluding hydrogens is 258 g/mol. The number of carbonyl (C=O) groups is 1. The lowest BCUT2D eigenvalue weighted by molar-refractivity contribution is 0.112. The molecule has 1 aromatic rings. The summed E-state index contributed by atoms with van der Waals surface area (Å²) >= 11 is 2.81. The Balaban J connectivity index is 3.44. The van der Waals surface area contributed by atoms with Crippen molar-refractivity contribution in [1.29, 1.82) is 5.26 Å². The van der Waals surface area contributed by atoms with Crippen LogP contribution in [0, 0.1) is 11.3 Å². The first-order valence-electron chi connectivity index (χ1n) is 3.43. The Morgan fingerprint density at radius 1 is 1.64 bits per heavy atom. The molecule has 1 aromatic heterocycles. The van der Waals surface area contributed by atoms with Crippen molar-refractivity contribution in [2.75, 3.05) is 0 Å². The maximum Gasteiger partial charge on any atom is 0.281 e. The summed E-state index contributed by atoms with van der Waals surface area (Å²) < 4.78 is 24.5. The van der Waals surface area contributed by atoms with Crippen molar-refractivity contribution >= 4 is 22.2 Å². The number of aldehydes is 1. The molecule has 0 spiro atoms. The molecule has 0 aliphatic carbocycles. The van der Waals surface area contributed by atoms with Gasteiger partial charge in [0.15, 0.2) is 6.29 Å². The minimum absolute atomic E-state index is 0.0312. The Kier molecular flexibility index (Phi) is 3.25. The third-order valence-electron chi connectivity index (χ3n) is 1.53. The lowest BCUT2D eigenvalue weighted by Gasteiger charge is -2.04. The van der Waals surface area contributed by atoms with Gasteiger partial charge in [0.2, 0.25) is 0 Å². The average molecular weight is 261 g/mol. The summed E-state index contributed by atoms with van der Waals surface area (Å²) in [6.45, 7) is 0. The standard InChI is InChI=1S/C8H3BrF2N2O/c9-6-5(3-14)4(1-12)2-13-7(6)8(10)11/h2-3,8H. The summed E-state index contributed by atoms with van der Waals surface area (Å²) in [5.41, 5.74) is -0.667. The van der Waals surface area contributed by atoms with Gasteiger partial charge in [-0.3, -0.25) is 9.78 Å². The van der Waals surface area contributed by atoms with Crippen LogP contribution in [0.15, 0.2) is 10.7 Å². The fraction of sp³-hybridized carbons (Fsp3) is 0.125. The Morgan fingerprint density at radius 3 is 2.71 bits per heavy atom.